The van der Waals surface area contributed by atoms with E-state index in [0.29, 0.717) is 5.75 Å². The first-order valence-electron chi connectivity index (χ1n) is 7.66. The molecule has 0 aliphatic carbocycles. The number of hydrogen-bond acceptors (Lipinski definition) is 5. The van der Waals surface area contributed by atoms with E-state index >= 15 is 0 Å². The van der Waals surface area contributed by atoms with Crippen molar-refractivity contribution in [2.75, 3.05) is 18.2 Å². The Morgan fingerprint density at radius 1 is 1.20 bits per heavy atom. The molecule has 7 heteroatoms. The van der Waals surface area contributed by atoms with Gasteiger partial charge in [-0.15, -0.1) is 11.8 Å². The number of nitro benzene ring substituents is 1. The van der Waals surface area contributed by atoms with Gasteiger partial charge >= 0.3 is 5.69 Å². The molecule has 6 nitrogen and oxygen atoms in total. The fraction of sp³-hybridized carbons (Fsp3) is 0.278. The second kappa shape index (κ2) is 8.53. The number of anilines is 1. The van der Waals surface area contributed by atoms with Crippen molar-refractivity contribution in [3.63, 3.8) is 0 Å². The normalized spacial score (nSPS) is 10.4. The van der Waals surface area contributed by atoms with Crippen LogP contribution in [0.15, 0.2) is 36.4 Å². The highest BCUT2D eigenvalue weighted by molar-refractivity contribution is 7.99. The maximum atomic E-state index is 12.0. The molecule has 0 aromatic heterocycles. The Morgan fingerprint density at radius 2 is 1.88 bits per heavy atom. The molecule has 0 fully saturated rings. The van der Waals surface area contributed by atoms with Gasteiger partial charge in [-0.25, -0.2) is 0 Å². The number of nitrogens with zero attached hydrogens (tertiary/aromatic N) is 1. The van der Waals surface area contributed by atoms with Crippen molar-refractivity contribution in [3.05, 3.63) is 63.2 Å². The van der Waals surface area contributed by atoms with Crippen LogP contribution < -0.4 is 10.1 Å². The topological polar surface area (TPSA) is 81.5 Å². The van der Waals surface area contributed by atoms with E-state index in [1.54, 1.807) is 12.1 Å². The summed E-state index contributed by atoms with van der Waals surface area (Å²) in [5.41, 5.74) is 3.67. The van der Waals surface area contributed by atoms with Gasteiger partial charge in [-0.1, -0.05) is 12.1 Å². The molecule has 0 bridgehead atoms. The van der Waals surface area contributed by atoms with E-state index in [0.717, 1.165) is 22.4 Å². The lowest BCUT2D eigenvalue weighted by atomic mass is 10.1. The van der Waals surface area contributed by atoms with Crippen molar-refractivity contribution >= 4 is 29.0 Å². The predicted octanol–water partition coefficient (Wildman–Crippen LogP) is 4.09. The Bertz CT molecular complexity index is 772. The van der Waals surface area contributed by atoms with Gasteiger partial charge < -0.3 is 10.1 Å². The van der Waals surface area contributed by atoms with E-state index in [4.69, 9.17) is 4.74 Å². The Hall–Kier alpha value is -2.54. The smallest absolute Gasteiger partial charge is 0.311 e. The Balaban J connectivity index is 1.90. The highest BCUT2D eigenvalue weighted by Crippen LogP contribution is 2.29. The monoisotopic (exact) mass is 360 g/mol. The van der Waals surface area contributed by atoms with Gasteiger partial charge in [-0.3, -0.25) is 14.9 Å². The summed E-state index contributed by atoms with van der Waals surface area (Å²) >= 11 is 1.40. The summed E-state index contributed by atoms with van der Waals surface area (Å²) < 4.78 is 4.98. The lowest BCUT2D eigenvalue weighted by Gasteiger charge is -2.08. The number of rotatable bonds is 7. The second-order valence-electron chi connectivity index (χ2n) is 5.68. The summed E-state index contributed by atoms with van der Waals surface area (Å²) in [5.74, 6) is 0.905. The molecule has 1 amide bonds. The fourth-order valence-electron chi connectivity index (χ4n) is 2.47. The molecule has 2 aromatic carbocycles. The molecule has 0 aliphatic heterocycles. The zero-order chi connectivity index (χ0) is 18.4. The fourth-order valence-corrected chi connectivity index (χ4v) is 3.25. The Labute approximate surface area is 150 Å². The lowest BCUT2D eigenvalue weighted by Crippen LogP contribution is -2.14. The van der Waals surface area contributed by atoms with Gasteiger partial charge in [0.15, 0.2) is 5.75 Å². The first-order valence-corrected chi connectivity index (χ1v) is 8.81. The molecule has 0 saturated carbocycles. The van der Waals surface area contributed by atoms with E-state index in [2.05, 4.69) is 5.32 Å². The standard InChI is InChI=1S/C18H20N2O4S/c1-12-6-13(2)8-15(7-12)19-18(21)11-25-10-14-4-5-17(24-3)16(9-14)20(22)23/h4-9H,10-11H2,1-3H3,(H,19,21). The van der Waals surface area contributed by atoms with Crippen molar-refractivity contribution in [2.45, 2.75) is 19.6 Å². The van der Waals surface area contributed by atoms with Gasteiger partial charge in [-0.05, 0) is 48.7 Å². The largest absolute Gasteiger partial charge is 0.490 e. The highest BCUT2D eigenvalue weighted by atomic mass is 32.2. The van der Waals surface area contributed by atoms with Gasteiger partial charge in [0.25, 0.3) is 0 Å². The molecule has 0 aliphatic rings. The minimum absolute atomic E-state index is 0.0692. The van der Waals surface area contributed by atoms with Crippen molar-refractivity contribution in [1.29, 1.82) is 0 Å². The highest BCUT2D eigenvalue weighted by Gasteiger charge is 2.15. The summed E-state index contributed by atoms with van der Waals surface area (Å²) in [6.45, 7) is 3.96. The van der Waals surface area contributed by atoms with E-state index < -0.39 is 4.92 Å². The number of nitro groups is 1. The van der Waals surface area contributed by atoms with Crippen LogP contribution in [0.4, 0.5) is 11.4 Å². The molecule has 0 spiro atoms. The number of ether oxygens (including phenoxy) is 1. The van der Waals surface area contributed by atoms with Crippen LogP contribution in [-0.4, -0.2) is 23.7 Å². The van der Waals surface area contributed by atoms with Gasteiger partial charge in [-0.2, -0.15) is 0 Å². The summed E-state index contributed by atoms with van der Waals surface area (Å²) in [4.78, 5) is 22.6. The quantitative estimate of drug-likeness (QED) is 0.594. The molecule has 25 heavy (non-hydrogen) atoms. The number of carbonyl (C=O) groups excluding carboxylic acids is 1. The molecule has 0 saturated heterocycles. The Morgan fingerprint density at radius 3 is 2.48 bits per heavy atom. The van der Waals surface area contributed by atoms with Crippen LogP contribution in [0.25, 0.3) is 0 Å². The average molecular weight is 360 g/mol. The summed E-state index contributed by atoms with van der Waals surface area (Å²) in [6.07, 6.45) is 0. The third kappa shape index (κ3) is 5.49. The molecule has 0 radical (unpaired) electrons. The van der Waals surface area contributed by atoms with Crippen LogP contribution >= 0.6 is 11.8 Å². The number of methoxy groups -OCH3 is 1. The van der Waals surface area contributed by atoms with Gasteiger partial charge in [0.05, 0.1) is 17.8 Å². The lowest BCUT2D eigenvalue weighted by molar-refractivity contribution is -0.385. The molecular weight excluding hydrogens is 340 g/mol. The number of amides is 1. The Kier molecular flexibility index (Phi) is 6.41. The summed E-state index contributed by atoms with van der Waals surface area (Å²) in [7, 11) is 1.40. The van der Waals surface area contributed by atoms with Crippen molar-refractivity contribution in [3.8, 4) is 5.75 Å². The minimum atomic E-state index is -0.472. The summed E-state index contributed by atoms with van der Waals surface area (Å²) in [6, 6.07) is 10.7. The maximum Gasteiger partial charge on any atom is 0.311 e. The molecule has 1 N–H and O–H groups in total. The third-order valence-corrected chi connectivity index (χ3v) is 4.45. The first-order chi connectivity index (χ1) is 11.9. The van der Waals surface area contributed by atoms with E-state index in [1.165, 1.54) is 24.9 Å². The van der Waals surface area contributed by atoms with Crippen LogP contribution in [0.2, 0.25) is 0 Å². The molecule has 0 unspecified atom stereocenters. The molecular formula is C18H20N2O4S. The van der Waals surface area contributed by atoms with Crippen molar-refractivity contribution in [1.82, 2.24) is 0 Å². The zero-order valence-corrected chi connectivity index (χ0v) is 15.2. The number of aryl methyl sites for hydroxylation is 2. The van der Waals surface area contributed by atoms with Gasteiger partial charge in [0.1, 0.15) is 0 Å². The SMILES string of the molecule is COc1ccc(CSCC(=O)Nc2cc(C)cc(C)c2)cc1[N+](=O)[O-]. The van der Waals surface area contributed by atoms with E-state index in [9.17, 15) is 14.9 Å². The number of hydrogen-bond donors (Lipinski definition) is 1. The molecule has 2 aromatic rings. The third-order valence-electron chi connectivity index (χ3n) is 3.45. The summed E-state index contributed by atoms with van der Waals surface area (Å²) in [5, 5.41) is 13.9. The molecule has 2 rings (SSSR count). The number of carbonyl (C=O) groups is 1. The number of nitrogens with one attached hydrogen (secondary N) is 1. The van der Waals surface area contributed by atoms with Crippen molar-refractivity contribution < 1.29 is 14.5 Å². The average Bonchev–Trinajstić information content (AvgIpc) is 2.53. The van der Waals surface area contributed by atoms with Gasteiger partial charge in [0.2, 0.25) is 5.91 Å². The van der Waals surface area contributed by atoms with Crippen LogP contribution in [0.3, 0.4) is 0 Å². The predicted molar refractivity (Wildman–Crippen MR) is 100 cm³/mol. The van der Waals surface area contributed by atoms with Gasteiger partial charge in [0, 0.05) is 17.5 Å². The van der Waals surface area contributed by atoms with E-state index in [1.807, 2.05) is 32.0 Å². The number of benzene rings is 2. The van der Waals surface area contributed by atoms with E-state index in [-0.39, 0.29) is 23.1 Å². The molecule has 132 valence electrons. The minimum Gasteiger partial charge on any atom is -0.490 e. The molecule has 0 atom stereocenters. The zero-order valence-electron chi connectivity index (χ0n) is 14.4. The van der Waals surface area contributed by atoms with Crippen molar-refractivity contribution in [2.24, 2.45) is 0 Å². The first kappa shape index (κ1) is 18.8. The van der Waals surface area contributed by atoms with Crippen LogP contribution in [-0.2, 0) is 10.5 Å². The number of thioether (sulfide) groups is 1. The molecule has 0 heterocycles. The van der Waals surface area contributed by atoms with Crippen LogP contribution in [0.1, 0.15) is 16.7 Å². The van der Waals surface area contributed by atoms with Crippen LogP contribution in [0, 0.1) is 24.0 Å². The van der Waals surface area contributed by atoms with Crippen LogP contribution in [0.5, 0.6) is 5.75 Å². The second-order valence-corrected chi connectivity index (χ2v) is 6.67. The maximum absolute atomic E-state index is 12.0.